The molecule has 0 aliphatic carbocycles. The summed E-state index contributed by atoms with van der Waals surface area (Å²) in [7, 11) is 1.54. The fourth-order valence-corrected chi connectivity index (χ4v) is 3.97. The predicted octanol–water partition coefficient (Wildman–Crippen LogP) is 3.51. The number of ether oxygens (including phenoxy) is 1. The molecule has 1 aliphatic heterocycles. The maximum absolute atomic E-state index is 13.6. The molecule has 2 aromatic heterocycles. The fourth-order valence-electron chi connectivity index (χ4n) is 3.97. The number of nitrogens with one attached hydrogen (secondary N) is 1. The largest absolute Gasteiger partial charge is 0.417 e. The van der Waals surface area contributed by atoms with Crippen LogP contribution in [0, 0.1) is 5.82 Å². The molecule has 0 saturated carbocycles. The first kappa shape index (κ1) is 27.1. The van der Waals surface area contributed by atoms with E-state index in [4.69, 9.17) is 10.5 Å². The second-order valence-corrected chi connectivity index (χ2v) is 8.45. The van der Waals surface area contributed by atoms with Crippen LogP contribution < -0.4 is 11.1 Å². The number of allylic oxidation sites excluding steroid dienone is 1. The van der Waals surface area contributed by atoms with Crippen LogP contribution in [0.1, 0.15) is 32.0 Å². The SMILES string of the molecule is CN=C(C)/C(=C(\N)C(=O)N1CC(C)OC(C)C1CNc1ccc(C(F)(F)F)cn1)c1ccc(F)cn1. The van der Waals surface area contributed by atoms with Crippen LogP contribution >= 0.6 is 0 Å². The average Bonchev–Trinajstić information content (AvgIpc) is 2.83. The molecule has 1 fully saturated rings. The van der Waals surface area contributed by atoms with Crippen LogP contribution in [-0.2, 0) is 15.7 Å². The summed E-state index contributed by atoms with van der Waals surface area (Å²) < 4.78 is 57.8. The number of hydrogen-bond donors (Lipinski definition) is 2. The summed E-state index contributed by atoms with van der Waals surface area (Å²) in [6.45, 7) is 5.66. The zero-order chi connectivity index (χ0) is 26.6. The third-order valence-electron chi connectivity index (χ3n) is 5.87. The molecule has 3 atom stereocenters. The van der Waals surface area contributed by atoms with Crippen LogP contribution in [-0.4, -0.2) is 64.9 Å². The first-order chi connectivity index (χ1) is 16.9. The molecule has 3 unspecified atom stereocenters. The number of halogens is 4. The van der Waals surface area contributed by atoms with Crippen molar-refractivity contribution < 1.29 is 27.1 Å². The summed E-state index contributed by atoms with van der Waals surface area (Å²) >= 11 is 0. The van der Waals surface area contributed by atoms with Crippen molar-refractivity contribution in [2.75, 3.05) is 25.5 Å². The number of nitrogens with two attached hydrogens (primary N) is 1. The zero-order valence-corrected chi connectivity index (χ0v) is 20.3. The van der Waals surface area contributed by atoms with Crippen LogP contribution in [0.25, 0.3) is 5.57 Å². The van der Waals surface area contributed by atoms with Gasteiger partial charge in [0.1, 0.15) is 17.3 Å². The minimum Gasteiger partial charge on any atom is -0.394 e. The average molecular weight is 509 g/mol. The Morgan fingerprint density at radius 3 is 2.50 bits per heavy atom. The van der Waals surface area contributed by atoms with Crippen LogP contribution in [0.15, 0.2) is 47.3 Å². The molecule has 12 heteroatoms. The molecular weight excluding hydrogens is 480 g/mol. The number of carbonyl (C=O) groups is 1. The van der Waals surface area contributed by atoms with Crippen molar-refractivity contribution in [3.8, 4) is 0 Å². The number of rotatable bonds is 6. The molecule has 36 heavy (non-hydrogen) atoms. The number of alkyl halides is 3. The maximum Gasteiger partial charge on any atom is 0.417 e. The number of aromatic nitrogens is 2. The quantitative estimate of drug-likeness (QED) is 0.352. The van der Waals surface area contributed by atoms with E-state index in [1.807, 2.05) is 6.92 Å². The monoisotopic (exact) mass is 508 g/mol. The topological polar surface area (TPSA) is 106 Å². The van der Waals surface area contributed by atoms with Gasteiger partial charge in [-0.1, -0.05) is 0 Å². The molecule has 3 rings (SSSR count). The highest BCUT2D eigenvalue weighted by atomic mass is 19.4. The van der Waals surface area contributed by atoms with Gasteiger partial charge in [-0.3, -0.25) is 14.8 Å². The molecule has 2 aromatic rings. The minimum absolute atomic E-state index is 0.115. The molecular formula is C24H28F4N6O2. The van der Waals surface area contributed by atoms with Crippen LogP contribution in [0.5, 0.6) is 0 Å². The van der Waals surface area contributed by atoms with Gasteiger partial charge in [0.15, 0.2) is 0 Å². The predicted molar refractivity (Wildman–Crippen MR) is 128 cm³/mol. The van der Waals surface area contributed by atoms with E-state index < -0.39 is 35.6 Å². The molecule has 1 amide bonds. The van der Waals surface area contributed by atoms with E-state index in [0.717, 1.165) is 18.5 Å². The van der Waals surface area contributed by atoms with Crippen LogP contribution in [0.3, 0.4) is 0 Å². The Morgan fingerprint density at radius 1 is 1.22 bits per heavy atom. The van der Waals surface area contributed by atoms with Crippen molar-refractivity contribution in [2.45, 2.75) is 45.2 Å². The summed E-state index contributed by atoms with van der Waals surface area (Å²) in [5.41, 5.74) is 6.40. The summed E-state index contributed by atoms with van der Waals surface area (Å²) in [6.07, 6.45) is -3.42. The lowest BCUT2D eigenvalue weighted by molar-refractivity contribution is -0.148. The first-order valence-corrected chi connectivity index (χ1v) is 11.2. The van der Waals surface area contributed by atoms with E-state index >= 15 is 0 Å². The molecule has 1 aliphatic rings. The second kappa shape index (κ2) is 11.0. The lowest BCUT2D eigenvalue weighted by Crippen LogP contribution is -2.58. The molecule has 194 valence electrons. The molecule has 8 nitrogen and oxygen atoms in total. The highest BCUT2D eigenvalue weighted by molar-refractivity contribution is 6.27. The Hall–Kier alpha value is -3.54. The van der Waals surface area contributed by atoms with E-state index in [-0.39, 0.29) is 36.3 Å². The summed E-state index contributed by atoms with van der Waals surface area (Å²) in [4.78, 5) is 27.2. The summed E-state index contributed by atoms with van der Waals surface area (Å²) in [5, 5.41) is 2.98. The normalized spacial score (nSPS) is 21.7. The van der Waals surface area contributed by atoms with Gasteiger partial charge in [-0.15, -0.1) is 0 Å². The summed E-state index contributed by atoms with van der Waals surface area (Å²) in [6, 6.07) is 4.26. The van der Waals surface area contributed by atoms with Crippen LogP contribution in [0.2, 0.25) is 0 Å². The maximum atomic E-state index is 13.6. The first-order valence-electron chi connectivity index (χ1n) is 11.2. The lowest BCUT2D eigenvalue weighted by Gasteiger charge is -2.43. The van der Waals surface area contributed by atoms with Crippen LogP contribution in [0.4, 0.5) is 23.4 Å². The van der Waals surface area contributed by atoms with E-state index in [1.54, 1.807) is 25.8 Å². The van der Waals surface area contributed by atoms with Gasteiger partial charge in [0.25, 0.3) is 5.91 Å². The zero-order valence-electron chi connectivity index (χ0n) is 20.3. The van der Waals surface area contributed by atoms with Gasteiger partial charge >= 0.3 is 6.18 Å². The van der Waals surface area contributed by atoms with Gasteiger partial charge < -0.3 is 20.7 Å². The molecule has 1 saturated heterocycles. The summed E-state index contributed by atoms with van der Waals surface area (Å²) in [5.74, 6) is -0.809. The van der Waals surface area contributed by atoms with Crippen molar-refractivity contribution >= 4 is 23.0 Å². The Labute approximate surface area is 206 Å². The number of morpholine rings is 1. The van der Waals surface area contributed by atoms with Crippen molar-refractivity contribution in [3.05, 3.63) is 59.4 Å². The third kappa shape index (κ3) is 6.17. The smallest absolute Gasteiger partial charge is 0.394 e. The fraction of sp³-hybridized carbons (Fsp3) is 0.417. The third-order valence-corrected chi connectivity index (χ3v) is 5.87. The number of amides is 1. The number of pyridine rings is 2. The number of nitrogens with zero attached hydrogens (tertiary/aromatic N) is 4. The number of carbonyl (C=O) groups excluding carboxylic acids is 1. The molecule has 0 aromatic carbocycles. The minimum atomic E-state index is -4.49. The number of hydrogen-bond acceptors (Lipinski definition) is 7. The Bertz CT molecular complexity index is 1130. The second-order valence-electron chi connectivity index (χ2n) is 8.45. The van der Waals surface area contributed by atoms with Crippen molar-refractivity contribution in [1.82, 2.24) is 14.9 Å². The van der Waals surface area contributed by atoms with E-state index in [2.05, 4.69) is 20.3 Å². The Balaban J connectivity index is 1.89. The van der Waals surface area contributed by atoms with E-state index in [1.165, 1.54) is 18.2 Å². The molecule has 0 radical (unpaired) electrons. The lowest BCUT2D eigenvalue weighted by atomic mass is 10.0. The Morgan fingerprint density at radius 2 is 1.94 bits per heavy atom. The molecule has 0 spiro atoms. The van der Waals surface area contributed by atoms with Gasteiger partial charge in [-0.25, -0.2) is 9.37 Å². The van der Waals surface area contributed by atoms with Gasteiger partial charge in [-0.05, 0) is 45.0 Å². The van der Waals surface area contributed by atoms with Gasteiger partial charge in [0.2, 0.25) is 0 Å². The van der Waals surface area contributed by atoms with Gasteiger partial charge in [0.05, 0.1) is 35.7 Å². The molecule has 0 bridgehead atoms. The molecule has 3 heterocycles. The van der Waals surface area contributed by atoms with E-state index in [0.29, 0.717) is 11.4 Å². The molecule has 3 N–H and O–H groups in total. The number of anilines is 1. The van der Waals surface area contributed by atoms with Crippen molar-refractivity contribution in [2.24, 2.45) is 10.7 Å². The van der Waals surface area contributed by atoms with E-state index in [9.17, 15) is 22.4 Å². The number of aliphatic imine (C=N–C) groups is 1. The highest BCUT2D eigenvalue weighted by Gasteiger charge is 2.37. The van der Waals surface area contributed by atoms with Gasteiger partial charge in [-0.2, -0.15) is 13.2 Å². The van der Waals surface area contributed by atoms with Crippen molar-refractivity contribution in [3.63, 3.8) is 0 Å². The van der Waals surface area contributed by atoms with Gasteiger partial charge in [0, 0.05) is 37.6 Å². The highest BCUT2D eigenvalue weighted by Crippen LogP contribution is 2.29. The standard InChI is InChI=1S/C24H28F4N6O2/c1-13-12-34(23(35)22(29)21(14(2)30-4)18-7-6-17(25)10-31-18)19(15(3)36-13)11-33-20-8-5-16(9-32-20)24(26,27)28/h5-10,13,15,19H,11-12,29H2,1-4H3,(H,32,33)/b22-21+,30-14?. The Kier molecular flexibility index (Phi) is 8.28. The van der Waals surface area contributed by atoms with Crippen molar-refractivity contribution in [1.29, 1.82) is 0 Å².